The Balaban J connectivity index is 1.53. The average Bonchev–Trinajstić information content (AvgIpc) is 2.99. The predicted molar refractivity (Wildman–Crippen MR) is 94.3 cm³/mol. The van der Waals surface area contributed by atoms with E-state index in [2.05, 4.69) is 52.0 Å². The van der Waals surface area contributed by atoms with Crippen LogP contribution in [0.2, 0.25) is 0 Å². The molecule has 1 heterocycles. The van der Waals surface area contributed by atoms with Crippen molar-refractivity contribution in [1.82, 2.24) is 15.5 Å². The SMILES string of the molecule is Cc1ccc(Cc2nnc(NC(=O)NC3CCCCC3O)s2)cc1. The van der Waals surface area contributed by atoms with E-state index in [9.17, 15) is 9.90 Å². The monoisotopic (exact) mass is 346 g/mol. The van der Waals surface area contributed by atoms with Crippen molar-refractivity contribution in [2.45, 2.75) is 51.2 Å². The second kappa shape index (κ2) is 7.72. The van der Waals surface area contributed by atoms with Crippen LogP contribution in [-0.4, -0.2) is 33.5 Å². The van der Waals surface area contributed by atoms with Crippen molar-refractivity contribution < 1.29 is 9.90 Å². The molecule has 128 valence electrons. The minimum absolute atomic E-state index is 0.182. The van der Waals surface area contributed by atoms with E-state index >= 15 is 0 Å². The van der Waals surface area contributed by atoms with Crippen LogP contribution in [-0.2, 0) is 6.42 Å². The maximum Gasteiger partial charge on any atom is 0.321 e. The summed E-state index contributed by atoms with van der Waals surface area (Å²) in [5.74, 6) is 0. The van der Waals surface area contributed by atoms with Crippen LogP contribution in [0.3, 0.4) is 0 Å². The molecule has 6 nitrogen and oxygen atoms in total. The van der Waals surface area contributed by atoms with Crippen LogP contribution in [0.15, 0.2) is 24.3 Å². The zero-order valence-electron chi connectivity index (χ0n) is 13.7. The number of carbonyl (C=O) groups is 1. The highest BCUT2D eigenvalue weighted by molar-refractivity contribution is 7.15. The highest BCUT2D eigenvalue weighted by Gasteiger charge is 2.24. The summed E-state index contributed by atoms with van der Waals surface area (Å²) >= 11 is 1.37. The van der Waals surface area contributed by atoms with Crippen LogP contribution in [0, 0.1) is 6.92 Å². The first-order chi connectivity index (χ1) is 11.6. The molecular weight excluding hydrogens is 324 g/mol. The summed E-state index contributed by atoms with van der Waals surface area (Å²) in [4.78, 5) is 12.0. The Bertz CT molecular complexity index is 686. The van der Waals surface area contributed by atoms with Crippen LogP contribution in [0.4, 0.5) is 9.93 Å². The molecule has 1 aliphatic rings. The number of amides is 2. The van der Waals surface area contributed by atoms with Crippen molar-refractivity contribution in [3.8, 4) is 0 Å². The lowest BCUT2D eigenvalue weighted by Crippen LogP contribution is -2.46. The number of rotatable bonds is 4. The maximum absolute atomic E-state index is 12.0. The Kier molecular flexibility index (Phi) is 5.42. The Hall–Kier alpha value is -1.99. The first-order valence-corrected chi connectivity index (χ1v) is 9.05. The highest BCUT2D eigenvalue weighted by atomic mass is 32.1. The average molecular weight is 346 g/mol. The topological polar surface area (TPSA) is 87.1 Å². The number of urea groups is 1. The number of nitrogens with zero attached hydrogens (tertiary/aromatic N) is 2. The van der Waals surface area contributed by atoms with Gasteiger partial charge in [0.1, 0.15) is 5.01 Å². The molecule has 1 aromatic heterocycles. The minimum Gasteiger partial charge on any atom is -0.391 e. The molecular formula is C17H22N4O2S. The van der Waals surface area contributed by atoms with Gasteiger partial charge in [0.15, 0.2) is 0 Å². The summed E-state index contributed by atoms with van der Waals surface area (Å²) in [5, 5.41) is 24.9. The van der Waals surface area contributed by atoms with Crippen molar-refractivity contribution in [2.24, 2.45) is 0 Å². The number of hydrogen-bond acceptors (Lipinski definition) is 5. The predicted octanol–water partition coefficient (Wildman–Crippen LogP) is 2.86. The van der Waals surface area contributed by atoms with E-state index < -0.39 is 6.10 Å². The first-order valence-electron chi connectivity index (χ1n) is 8.23. The molecule has 0 radical (unpaired) electrons. The van der Waals surface area contributed by atoms with Crippen LogP contribution in [0.25, 0.3) is 0 Å². The molecule has 0 bridgehead atoms. The molecule has 1 fully saturated rings. The number of aryl methyl sites for hydroxylation is 1. The van der Waals surface area contributed by atoms with Gasteiger partial charge in [-0.3, -0.25) is 5.32 Å². The van der Waals surface area contributed by atoms with Crippen LogP contribution in [0.5, 0.6) is 0 Å². The number of benzene rings is 1. The molecule has 7 heteroatoms. The summed E-state index contributed by atoms with van der Waals surface area (Å²) in [5.41, 5.74) is 2.39. The lowest BCUT2D eigenvalue weighted by Gasteiger charge is -2.28. The van der Waals surface area contributed by atoms with Crippen molar-refractivity contribution >= 4 is 22.5 Å². The van der Waals surface area contributed by atoms with Crippen molar-refractivity contribution in [3.05, 3.63) is 40.4 Å². The van der Waals surface area contributed by atoms with Crippen molar-refractivity contribution in [2.75, 3.05) is 5.32 Å². The second-order valence-electron chi connectivity index (χ2n) is 6.22. The molecule has 2 amide bonds. The normalized spacial score (nSPS) is 20.6. The Morgan fingerprint density at radius 1 is 1.25 bits per heavy atom. The summed E-state index contributed by atoms with van der Waals surface area (Å²) in [7, 11) is 0. The number of aliphatic hydroxyl groups is 1. The number of aromatic nitrogens is 2. The lowest BCUT2D eigenvalue weighted by atomic mass is 9.93. The van der Waals surface area contributed by atoms with E-state index in [1.165, 1.54) is 16.9 Å². The molecule has 2 unspecified atom stereocenters. The van der Waals surface area contributed by atoms with Gasteiger partial charge in [0.2, 0.25) is 5.13 Å². The van der Waals surface area contributed by atoms with E-state index in [1.807, 2.05) is 0 Å². The Labute approximate surface area is 145 Å². The van der Waals surface area contributed by atoms with Gasteiger partial charge in [0.05, 0.1) is 12.1 Å². The summed E-state index contributed by atoms with van der Waals surface area (Å²) in [6.07, 6.45) is 3.83. The first kappa shape index (κ1) is 16.9. The van der Waals surface area contributed by atoms with Crippen molar-refractivity contribution in [3.63, 3.8) is 0 Å². The molecule has 2 atom stereocenters. The molecule has 0 aliphatic heterocycles. The molecule has 1 saturated carbocycles. The van der Waals surface area contributed by atoms with Gasteiger partial charge >= 0.3 is 6.03 Å². The number of hydrogen-bond donors (Lipinski definition) is 3. The standard InChI is InChI=1S/C17H22N4O2S/c1-11-6-8-12(9-7-11)10-15-20-21-17(24-15)19-16(23)18-13-4-2-3-5-14(13)22/h6-9,13-14,22H,2-5,10H2,1H3,(H2,18,19,21,23). The van der Waals surface area contributed by atoms with Gasteiger partial charge in [0, 0.05) is 6.42 Å². The molecule has 1 aliphatic carbocycles. The molecule has 3 rings (SSSR count). The molecule has 3 N–H and O–H groups in total. The Morgan fingerprint density at radius 3 is 2.75 bits per heavy atom. The van der Waals surface area contributed by atoms with Crippen LogP contribution in [0.1, 0.15) is 41.8 Å². The molecule has 0 spiro atoms. The number of nitrogens with one attached hydrogen (secondary N) is 2. The van der Waals surface area contributed by atoms with Gasteiger partial charge < -0.3 is 10.4 Å². The molecule has 0 saturated heterocycles. The molecule has 2 aromatic rings. The summed E-state index contributed by atoms with van der Waals surface area (Å²) < 4.78 is 0. The van der Waals surface area contributed by atoms with Gasteiger partial charge in [-0.2, -0.15) is 0 Å². The summed E-state index contributed by atoms with van der Waals surface area (Å²) in [6, 6.07) is 7.76. The van der Waals surface area contributed by atoms with Crippen molar-refractivity contribution in [1.29, 1.82) is 0 Å². The van der Waals surface area contributed by atoms with Crippen LogP contribution < -0.4 is 10.6 Å². The number of aliphatic hydroxyl groups excluding tert-OH is 1. The third kappa shape index (κ3) is 4.52. The quantitative estimate of drug-likeness (QED) is 0.794. The van der Waals surface area contributed by atoms with E-state index in [1.54, 1.807) is 0 Å². The fourth-order valence-corrected chi connectivity index (χ4v) is 3.61. The zero-order chi connectivity index (χ0) is 16.9. The third-order valence-corrected chi connectivity index (χ3v) is 5.05. The zero-order valence-corrected chi connectivity index (χ0v) is 14.5. The van der Waals surface area contributed by atoms with Gasteiger partial charge in [-0.05, 0) is 25.3 Å². The third-order valence-electron chi connectivity index (χ3n) is 4.21. The minimum atomic E-state index is -0.462. The van der Waals surface area contributed by atoms with Gasteiger partial charge in [-0.1, -0.05) is 54.0 Å². The van der Waals surface area contributed by atoms with E-state index in [0.29, 0.717) is 11.6 Å². The smallest absolute Gasteiger partial charge is 0.321 e. The number of anilines is 1. The largest absolute Gasteiger partial charge is 0.391 e. The van der Waals surface area contributed by atoms with E-state index in [-0.39, 0.29) is 12.1 Å². The van der Waals surface area contributed by atoms with E-state index in [0.717, 1.165) is 36.3 Å². The fraction of sp³-hybridized carbons (Fsp3) is 0.471. The lowest BCUT2D eigenvalue weighted by molar-refractivity contribution is 0.0955. The van der Waals surface area contributed by atoms with Crippen LogP contribution >= 0.6 is 11.3 Å². The van der Waals surface area contributed by atoms with Gasteiger partial charge in [0.25, 0.3) is 0 Å². The number of carbonyl (C=O) groups excluding carboxylic acids is 1. The van der Waals surface area contributed by atoms with E-state index in [4.69, 9.17) is 0 Å². The maximum atomic E-state index is 12.0. The molecule has 24 heavy (non-hydrogen) atoms. The van der Waals surface area contributed by atoms with Gasteiger partial charge in [-0.15, -0.1) is 10.2 Å². The highest BCUT2D eigenvalue weighted by Crippen LogP contribution is 2.20. The fourth-order valence-electron chi connectivity index (χ4n) is 2.84. The second-order valence-corrected chi connectivity index (χ2v) is 7.28. The summed E-state index contributed by atoms with van der Waals surface area (Å²) in [6.45, 7) is 2.05. The molecule has 1 aromatic carbocycles. The van der Waals surface area contributed by atoms with Gasteiger partial charge in [-0.25, -0.2) is 4.79 Å². The Morgan fingerprint density at radius 2 is 2.00 bits per heavy atom.